The lowest BCUT2D eigenvalue weighted by Gasteiger charge is -2.21. The van der Waals surface area contributed by atoms with E-state index in [2.05, 4.69) is 15.3 Å². The van der Waals surface area contributed by atoms with Crippen molar-refractivity contribution >= 4 is 5.82 Å². The largest absolute Gasteiger partial charge is 0.395 e. The zero-order chi connectivity index (χ0) is 11.2. The molecular formula is C11H17N3O2. The maximum absolute atomic E-state index is 8.72. The van der Waals surface area contributed by atoms with Crippen molar-refractivity contribution in [3.05, 3.63) is 18.1 Å². The minimum atomic E-state index is 0.108. The Labute approximate surface area is 94.9 Å². The standard InChI is InChI=1S/C11H17N3O2/c15-4-3-12-11-7-10(13-8-14-11)9-1-5-16-6-2-9/h7-9,15H,1-6H2,(H,12,13,14). The van der Waals surface area contributed by atoms with Gasteiger partial charge in [0.15, 0.2) is 0 Å². The Balaban J connectivity index is 2.02. The zero-order valence-corrected chi connectivity index (χ0v) is 9.22. The number of anilines is 1. The van der Waals surface area contributed by atoms with Gasteiger partial charge in [0.1, 0.15) is 12.1 Å². The first-order chi connectivity index (χ1) is 7.90. The molecular weight excluding hydrogens is 206 g/mol. The molecule has 0 atom stereocenters. The monoisotopic (exact) mass is 223 g/mol. The summed E-state index contributed by atoms with van der Waals surface area (Å²) in [5.74, 6) is 1.26. The molecule has 0 spiro atoms. The fourth-order valence-electron chi connectivity index (χ4n) is 1.87. The van der Waals surface area contributed by atoms with E-state index in [1.165, 1.54) is 0 Å². The quantitative estimate of drug-likeness (QED) is 0.789. The summed E-state index contributed by atoms with van der Waals surface area (Å²) in [7, 11) is 0. The summed E-state index contributed by atoms with van der Waals surface area (Å²) in [6, 6.07) is 1.96. The van der Waals surface area contributed by atoms with E-state index in [1.807, 2.05) is 6.07 Å². The van der Waals surface area contributed by atoms with E-state index in [4.69, 9.17) is 9.84 Å². The number of hydrogen-bond donors (Lipinski definition) is 2. The number of aliphatic hydroxyl groups is 1. The van der Waals surface area contributed by atoms with Gasteiger partial charge in [-0.25, -0.2) is 9.97 Å². The molecule has 2 heterocycles. The lowest BCUT2D eigenvalue weighted by atomic mass is 9.96. The number of aliphatic hydroxyl groups excluding tert-OH is 1. The van der Waals surface area contributed by atoms with Crippen LogP contribution < -0.4 is 5.32 Å². The van der Waals surface area contributed by atoms with E-state index >= 15 is 0 Å². The van der Waals surface area contributed by atoms with Crippen molar-refractivity contribution in [2.45, 2.75) is 18.8 Å². The predicted octanol–water partition coefficient (Wildman–Crippen LogP) is 0.775. The third-order valence-corrected chi connectivity index (χ3v) is 2.75. The summed E-state index contributed by atoms with van der Waals surface area (Å²) in [5, 5.41) is 11.8. The van der Waals surface area contributed by atoms with Gasteiger partial charge < -0.3 is 15.2 Å². The highest BCUT2D eigenvalue weighted by Crippen LogP contribution is 2.25. The molecule has 0 amide bonds. The highest BCUT2D eigenvalue weighted by Gasteiger charge is 2.17. The maximum Gasteiger partial charge on any atom is 0.129 e. The molecule has 0 unspecified atom stereocenters. The molecule has 1 aliphatic heterocycles. The Morgan fingerprint density at radius 1 is 1.38 bits per heavy atom. The van der Waals surface area contributed by atoms with E-state index in [0.717, 1.165) is 37.6 Å². The molecule has 0 aliphatic carbocycles. The van der Waals surface area contributed by atoms with E-state index in [9.17, 15) is 0 Å². The summed E-state index contributed by atoms with van der Waals surface area (Å²) in [5.41, 5.74) is 1.07. The van der Waals surface area contributed by atoms with Crippen LogP contribution in [0.4, 0.5) is 5.82 Å². The number of aromatic nitrogens is 2. The minimum Gasteiger partial charge on any atom is -0.395 e. The fraction of sp³-hybridized carbons (Fsp3) is 0.636. The third kappa shape index (κ3) is 2.90. The molecule has 16 heavy (non-hydrogen) atoms. The van der Waals surface area contributed by atoms with Gasteiger partial charge in [-0.2, -0.15) is 0 Å². The molecule has 88 valence electrons. The van der Waals surface area contributed by atoms with E-state index in [0.29, 0.717) is 12.5 Å². The van der Waals surface area contributed by atoms with Crippen molar-refractivity contribution in [1.82, 2.24) is 9.97 Å². The van der Waals surface area contributed by atoms with Crippen molar-refractivity contribution in [2.75, 3.05) is 31.7 Å². The SMILES string of the molecule is OCCNc1cc(C2CCOCC2)ncn1. The smallest absolute Gasteiger partial charge is 0.129 e. The Hall–Kier alpha value is -1.20. The summed E-state index contributed by atoms with van der Waals surface area (Å²) >= 11 is 0. The normalized spacial score (nSPS) is 17.3. The molecule has 2 N–H and O–H groups in total. The Bertz CT molecular complexity index is 327. The molecule has 0 radical (unpaired) electrons. The zero-order valence-electron chi connectivity index (χ0n) is 9.22. The van der Waals surface area contributed by atoms with Gasteiger partial charge in [0.05, 0.1) is 6.61 Å². The van der Waals surface area contributed by atoms with Gasteiger partial charge in [-0.05, 0) is 12.8 Å². The average molecular weight is 223 g/mol. The second-order valence-corrected chi connectivity index (χ2v) is 3.87. The lowest BCUT2D eigenvalue weighted by Crippen LogP contribution is -2.16. The van der Waals surface area contributed by atoms with Crippen LogP contribution in [0.2, 0.25) is 0 Å². The number of rotatable bonds is 4. The van der Waals surface area contributed by atoms with Crippen LogP contribution in [0.15, 0.2) is 12.4 Å². The summed E-state index contributed by atoms with van der Waals surface area (Å²) < 4.78 is 5.32. The molecule has 1 aromatic heterocycles. The summed E-state index contributed by atoms with van der Waals surface area (Å²) in [6.45, 7) is 2.25. The van der Waals surface area contributed by atoms with Crippen LogP contribution in [0.5, 0.6) is 0 Å². The average Bonchev–Trinajstić information content (AvgIpc) is 2.38. The van der Waals surface area contributed by atoms with Crippen molar-refractivity contribution in [3.63, 3.8) is 0 Å². The van der Waals surface area contributed by atoms with Crippen molar-refractivity contribution in [2.24, 2.45) is 0 Å². The molecule has 0 saturated carbocycles. The van der Waals surface area contributed by atoms with Crippen LogP contribution in [0.1, 0.15) is 24.5 Å². The third-order valence-electron chi connectivity index (χ3n) is 2.75. The summed E-state index contributed by atoms with van der Waals surface area (Å²) in [6.07, 6.45) is 3.62. The topological polar surface area (TPSA) is 67.3 Å². The molecule has 1 saturated heterocycles. The second-order valence-electron chi connectivity index (χ2n) is 3.87. The number of hydrogen-bond acceptors (Lipinski definition) is 5. The molecule has 5 nitrogen and oxygen atoms in total. The van der Waals surface area contributed by atoms with E-state index in [-0.39, 0.29) is 6.61 Å². The predicted molar refractivity (Wildman–Crippen MR) is 60.4 cm³/mol. The first kappa shape index (κ1) is 11.3. The molecule has 1 aliphatic rings. The number of nitrogens with one attached hydrogen (secondary N) is 1. The number of ether oxygens (including phenoxy) is 1. The van der Waals surface area contributed by atoms with Gasteiger partial charge in [-0.3, -0.25) is 0 Å². The van der Waals surface area contributed by atoms with Gasteiger partial charge in [0, 0.05) is 37.4 Å². The summed E-state index contributed by atoms with van der Waals surface area (Å²) in [4.78, 5) is 8.41. The van der Waals surface area contributed by atoms with Crippen LogP contribution in [0.3, 0.4) is 0 Å². The highest BCUT2D eigenvalue weighted by atomic mass is 16.5. The minimum absolute atomic E-state index is 0.108. The van der Waals surface area contributed by atoms with E-state index < -0.39 is 0 Å². The van der Waals surface area contributed by atoms with Crippen LogP contribution in [0.25, 0.3) is 0 Å². The molecule has 1 fully saturated rings. The van der Waals surface area contributed by atoms with Crippen molar-refractivity contribution in [3.8, 4) is 0 Å². The molecule has 0 bridgehead atoms. The Morgan fingerprint density at radius 2 is 2.19 bits per heavy atom. The Morgan fingerprint density at radius 3 is 2.94 bits per heavy atom. The molecule has 0 aromatic carbocycles. The van der Waals surface area contributed by atoms with E-state index in [1.54, 1.807) is 6.33 Å². The molecule has 5 heteroatoms. The lowest BCUT2D eigenvalue weighted by molar-refractivity contribution is 0.0845. The fourth-order valence-corrected chi connectivity index (χ4v) is 1.87. The van der Waals surface area contributed by atoms with Crippen molar-refractivity contribution < 1.29 is 9.84 Å². The van der Waals surface area contributed by atoms with Gasteiger partial charge in [0.25, 0.3) is 0 Å². The molecule has 1 aromatic rings. The van der Waals surface area contributed by atoms with Gasteiger partial charge in [-0.1, -0.05) is 0 Å². The van der Waals surface area contributed by atoms with Crippen LogP contribution in [0, 0.1) is 0 Å². The second kappa shape index (κ2) is 5.77. The van der Waals surface area contributed by atoms with Crippen LogP contribution in [-0.2, 0) is 4.74 Å². The van der Waals surface area contributed by atoms with Gasteiger partial charge in [0.2, 0.25) is 0 Å². The first-order valence-electron chi connectivity index (χ1n) is 5.64. The van der Waals surface area contributed by atoms with Crippen LogP contribution >= 0.6 is 0 Å². The number of nitrogens with zero attached hydrogens (tertiary/aromatic N) is 2. The first-order valence-corrected chi connectivity index (χ1v) is 5.64. The molecule has 2 rings (SSSR count). The van der Waals surface area contributed by atoms with Gasteiger partial charge >= 0.3 is 0 Å². The van der Waals surface area contributed by atoms with Gasteiger partial charge in [-0.15, -0.1) is 0 Å². The van der Waals surface area contributed by atoms with Crippen molar-refractivity contribution in [1.29, 1.82) is 0 Å². The highest BCUT2D eigenvalue weighted by molar-refractivity contribution is 5.35. The Kier molecular flexibility index (Phi) is 4.07. The maximum atomic E-state index is 8.72. The van der Waals surface area contributed by atoms with Crippen LogP contribution in [-0.4, -0.2) is 41.4 Å².